The molecule has 1 aromatic rings. The third-order valence-electron chi connectivity index (χ3n) is 3.64. The molecule has 3 nitrogen and oxygen atoms in total. The van der Waals surface area contributed by atoms with E-state index < -0.39 is 0 Å². The molecule has 104 valence electrons. The molecule has 5 heteroatoms. The molecule has 1 fully saturated rings. The van der Waals surface area contributed by atoms with Crippen LogP contribution in [0.1, 0.15) is 36.5 Å². The minimum absolute atomic E-state index is 0.0738. The molecule has 2 unspecified atom stereocenters. The van der Waals surface area contributed by atoms with Gasteiger partial charge in [-0.05, 0) is 44.4 Å². The molecule has 0 saturated carbocycles. The van der Waals surface area contributed by atoms with Crippen molar-refractivity contribution in [2.75, 3.05) is 6.54 Å². The highest BCUT2D eigenvalue weighted by atomic mass is 79.9. The Morgan fingerprint density at radius 2 is 1.95 bits per heavy atom. The molecular weight excluding hydrogens is 372 g/mol. The van der Waals surface area contributed by atoms with Crippen molar-refractivity contribution in [3.63, 3.8) is 0 Å². The van der Waals surface area contributed by atoms with Gasteiger partial charge in [-0.2, -0.15) is 0 Å². The van der Waals surface area contributed by atoms with Crippen LogP contribution in [0, 0.1) is 0 Å². The molecule has 0 aromatic heterocycles. The molecule has 0 aliphatic carbocycles. The molecule has 1 aromatic carbocycles. The Balaban J connectivity index is 2.30. The van der Waals surface area contributed by atoms with E-state index in [0.717, 1.165) is 28.2 Å². The number of hydrogen-bond donors (Lipinski definition) is 1. The van der Waals surface area contributed by atoms with Crippen LogP contribution in [-0.4, -0.2) is 29.4 Å². The van der Waals surface area contributed by atoms with Gasteiger partial charge in [0.1, 0.15) is 0 Å². The van der Waals surface area contributed by atoms with E-state index >= 15 is 0 Å². The fourth-order valence-corrected chi connectivity index (χ4v) is 4.00. The largest absolute Gasteiger partial charge is 0.332 e. The molecule has 0 spiro atoms. The Morgan fingerprint density at radius 3 is 2.53 bits per heavy atom. The van der Waals surface area contributed by atoms with Crippen LogP contribution < -0.4 is 5.73 Å². The third kappa shape index (κ3) is 3.38. The number of amides is 1. The number of hydrogen-bond acceptors (Lipinski definition) is 2. The maximum atomic E-state index is 12.7. The van der Waals surface area contributed by atoms with Gasteiger partial charge in [0.15, 0.2) is 0 Å². The average Bonchev–Trinajstić information content (AvgIpc) is 2.36. The molecule has 0 bridgehead atoms. The van der Waals surface area contributed by atoms with Crippen molar-refractivity contribution in [3.05, 3.63) is 32.7 Å². The zero-order chi connectivity index (χ0) is 14.0. The lowest BCUT2D eigenvalue weighted by molar-refractivity contribution is 0.0494. The van der Waals surface area contributed by atoms with Gasteiger partial charge in [-0.25, -0.2) is 0 Å². The number of nitrogens with two attached hydrogens (primary N) is 1. The van der Waals surface area contributed by atoms with E-state index in [0.29, 0.717) is 12.1 Å². The van der Waals surface area contributed by atoms with Crippen LogP contribution in [0.2, 0.25) is 0 Å². The van der Waals surface area contributed by atoms with Gasteiger partial charge >= 0.3 is 0 Å². The van der Waals surface area contributed by atoms with Crippen molar-refractivity contribution in [2.24, 2.45) is 5.73 Å². The summed E-state index contributed by atoms with van der Waals surface area (Å²) in [6, 6.07) is 6.07. The van der Waals surface area contributed by atoms with Gasteiger partial charge < -0.3 is 10.6 Å². The molecule has 1 saturated heterocycles. The summed E-state index contributed by atoms with van der Waals surface area (Å²) in [5, 5.41) is 0. The van der Waals surface area contributed by atoms with Crippen molar-refractivity contribution in [1.82, 2.24) is 4.90 Å². The average molecular weight is 390 g/mol. The first-order chi connectivity index (χ1) is 9.02. The van der Waals surface area contributed by atoms with Crippen molar-refractivity contribution < 1.29 is 4.79 Å². The second-order valence-corrected chi connectivity index (χ2v) is 6.87. The number of benzene rings is 1. The number of piperidine rings is 1. The van der Waals surface area contributed by atoms with Gasteiger partial charge in [0, 0.05) is 33.1 Å². The Kier molecular flexibility index (Phi) is 5.03. The SMILES string of the molecule is CC1CCCC(CN)N1C(=O)c1cc(Br)cc(Br)c1. The minimum Gasteiger partial charge on any atom is -0.332 e. The summed E-state index contributed by atoms with van der Waals surface area (Å²) in [5.74, 6) is 0.0738. The van der Waals surface area contributed by atoms with Gasteiger partial charge in [0.25, 0.3) is 5.91 Å². The quantitative estimate of drug-likeness (QED) is 0.840. The Hall–Kier alpha value is -0.390. The highest BCUT2D eigenvalue weighted by Gasteiger charge is 2.31. The number of halogens is 2. The Morgan fingerprint density at radius 1 is 1.32 bits per heavy atom. The minimum atomic E-state index is 0.0738. The van der Waals surface area contributed by atoms with Crippen LogP contribution in [0.25, 0.3) is 0 Å². The topological polar surface area (TPSA) is 46.3 Å². The lowest BCUT2D eigenvalue weighted by atomic mass is 9.95. The predicted octanol–water partition coefficient (Wildman–Crippen LogP) is 3.55. The van der Waals surface area contributed by atoms with Crippen molar-refractivity contribution in [1.29, 1.82) is 0 Å². The van der Waals surface area contributed by atoms with Crippen molar-refractivity contribution in [2.45, 2.75) is 38.3 Å². The zero-order valence-electron chi connectivity index (χ0n) is 10.9. The number of carbonyl (C=O) groups is 1. The van der Waals surface area contributed by atoms with Crippen LogP contribution in [-0.2, 0) is 0 Å². The highest BCUT2D eigenvalue weighted by Crippen LogP contribution is 2.27. The maximum Gasteiger partial charge on any atom is 0.254 e. The smallest absolute Gasteiger partial charge is 0.254 e. The summed E-state index contributed by atoms with van der Waals surface area (Å²) >= 11 is 6.85. The van der Waals surface area contributed by atoms with E-state index in [4.69, 9.17) is 5.73 Å². The van der Waals surface area contributed by atoms with Crippen LogP contribution in [0.3, 0.4) is 0 Å². The molecule has 19 heavy (non-hydrogen) atoms. The lowest BCUT2D eigenvalue weighted by Gasteiger charge is -2.40. The number of rotatable bonds is 2. The Labute approximate surface area is 130 Å². The van der Waals surface area contributed by atoms with E-state index in [9.17, 15) is 4.79 Å². The van der Waals surface area contributed by atoms with E-state index in [1.807, 2.05) is 23.1 Å². The lowest BCUT2D eigenvalue weighted by Crippen LogP contribution is -2.51. The van der Waals surface area contributed by atoms with Gasteiger partial charge in [-0.1, -0.05) is 31.9 Å². The van der Waals surface area contributed by atoms with Crippen LogP contribution in [0.15, 0.2) is 27.1 Å². The van der Waals surface area contributed by atoms with Gasteiger partial charge in [0.2, 0.25) is 0 Å². The van der Waals surface area contributed by atoms with E-state index in [1.54, 1.807) is 0 Å². The van der Waals surface area contributed by atoms with E-state index in [1.165, 1.54) is 0 Å². The van der Waals surface area contributed by atoms with Gasteiger partial charge in [-0.3, -0.25) is 4.79 Å². The highest BCUT2D eigenvalue weighted by molar-refractivity contribution is 9.11. The van der Waals surface area contributed by atoms with E-state index in [-0.39, 0.29) is 18.0 Å². The summed E-state index contributed by atoms with van der Waals surface area (Å²) in [4.78, 5) is 14.7. The fraction of sp³-hybridized carbons (Fsp3) is 0.500. The molecule has 1 heterocycles. The first-order valence-corrected chi connectivity index (χ1v) is 8.10. The monoisotopic (exact) mass is 388 g/mol. The molecule has 1 amide bonds. The molecular formula is C14H18Br2N2O. The molecule has 2 atom stereocenters. The van der Waals surface area contributed by atoms with Crippen molar-refractivity contribution >= 4 is 37.8 Å². The number of carbonyl (C=O) groups excluding carboxylic acids is 1. The van der Waals surface area contributed by atoms with Crippen LogP contribution in [0.4, 0.5) is 0 Å². The van der Waals surface area contributed by atoms with Crippen molar-refractivity contribution in [3.8, 4) is 0 Å². The molecule has 2 N–H and O–H groups in total. The fourth-order valence-electron chi connectivity index (χ4n) is 2.71. The zero-order valence-corrected chi connectivity index (χ0v) is 14.1. The summed E-state index contributed by atoms with van der Waals surface area (Å²) < 4.78 is 1.80. The standard InChI is InChI=1S/C14H18Br2N2O/c1-9-3-2-4-13(8-17)18(9)14(19)10-5-11(15)7-12(16)6-10/h5-7,9,13H,2-4,8,17H2,1H3. The first kappa shape index (κ1) is 15.0. The molecule has 1 aliphatic heterocycles. The predicted molar refractivity (Wildman–Crippen MR) is 84.2 cm³/mol. The second-order valence-electron chi connectivity index (χ2n) is 5.04. The second kappa shape index (κ2) is 6.37. The molecule has 1 aliphatic rings. The first-order valence-electron chi connectivity index (χ1n) is 6.51. The third-order valence-corrected chi connectivity index (χ3v) is 4.56. The normalized spacial score (nSPS) is 23.5. The van der Waals surface area contributed by atoms with Gasteiger partial charge in [-0.15, -0.1) is 0 Å². The summed E-state index contributed by atoms with van der Waals surface area (Å²) in [7, 11) is 0. The van der Waals surface area contributed by atoms with Crippen LogP contribution in [0.5, 0.6) is 0 Å². The number of likely N-dealkylation sites (tertiary alicyclic amines) is 1. The summed E-state index contributed by atoms with van der Waals surface area (Å²) in [6.07, 6.45) is 3.20. The van der Waals surface area contributed by atoms with Crippen LogP contribution >= 0.6 is 31.9 Å². The number of nitrogens with zero attached hydrogens (tertiary/aromatic N) is 1. The summed E-state index contributed by atoms with van der Waals surface area (Å²) in [5.41, 5.74) is 6.52. The van der Waals surface area contributed by atoms with E-state index in [2.05, 4.69) is 38.8 Å². The molecule has 2 rings (SSSR count). The summed E-state index contributed by atoms with van der Waals surface area (Å²) in [6.45, 7) is 2.64. The maximum absolute atomic E-state index is 12.7. The van der Waals surface area contributed by atoms with Gasteiger partial charge in [0.05, 0.1) is 0 Å². The molecule has 0 radical (unpaired) electrons. The Bertz CT molecular complexity index is 458.